The molecule has 0 saturated heterocycles. The van der Waals surface area contributed by atoms with Crippen molar-refractivity contribution < 1.29 is 4.39 Å². The Hall–Kier alpha value is -0.680. The van der Waals surface area contributed by atoms with Crippen molar-refractivity contribution in [3.63, 3.8) is 0 Å². The molecule has 1 aliphatic rings. The maximum Gasteiger partial charge on any atom is 0.123 e. The molecule has 1 aromatic carbocycles. The minimum absolute atomic E-state index is 0.136. The Morgan fingerprint density at radius 1 is 1.24 bits per heavy atom. The van der Waals surface area contributed by atoms with Crippen LogP contribution in [0.3, 0.4) is 0 Å². The molecule has 118 valence electrons. The van der Waals surface area contributed by atoms with Crippen molar-refractivity contribution in [3.8, 4) is 0 Å². The van der Waals surface area contributed by atoms with Crippen molar-refractivity contribution in [1.29, 1.82) is 0 Å². The average Bonchev–Trinajstić information content (AvgIpc) is 2.70. The molecule has 21 heavy (non-hydrogen) atoms. The van der Waals surface area contributed by atoms with E-state index in [1.54, 1.807) is 6.07 Å². The maximum absolute atomic E-state index is 13.7. The van der Waals surface area contributed by atoms with Gasteiger partial charge in [0, 0.05) is 10.6 Å². The van der Waals surface area contributed by atoms with Gasteiger partial charge in [0.25, 0.3) is 0 Å². The molecular formula is C16H25ClFN3. The van der Waals surface area contributed by atoms with Crippen molar-refractivity contribution in [2.75, 3.05) is 14.1 Å². The zero-order valence-corrected chi connectivity index (χ0v) is 13.6. The van der Waals surface area contributed by atoms with E-state index in [-0.39, 0.29) is 17.4 Å². The van der Waals surface area contributed by atoms with Crippen molar-refractivity contribution in [2.24, 2.45) is 5.84 Å². The Balaban J connectivity index is 2.46. The number of benzene rings is 1. The fraction of sp³-hybridized carbons (Fsp3) is 0.625. The van der Waals surface area contributed by atoms with Gasteiger partial charge in [0.1, 0.15) is 5.82 Å². The molecule has 2 rings (SSSR count). The molecule has 1 fully saturated rings. The molecule has 5 heteroatoms. The van der Waals surface area contributed by atoms with Gasteiger partial charge in [0.2, 0.25) is 0 Å². The number of hydrogen-bond acceptors (Lipinski definition) is 3. The molecule has 0 heterocycles. The van der Waals surface area contributed by atoms with E-state index < -0.39 is 0 Å². The predicted molar refractivity (Wildman–Crippen MR) is 85.6 cm³/mol. The van der Waals surface area contributed by atoms with Crippen molar-refractivity contribution in [1.82, 2.24) is 10.3 Å². The Bertz CT molecular complexity index is 471. The van der Waals surface area contributed by atoms with Gasteiger partial charge in [-0.2, -0.15) is 0 Å². The van der Waals surface area contributed by atoms with Crippen LogP contribution in [0.5, 0.6) is 0 Å². The summed E-state index contributed by atoms with van der Waals surface area (Å²) in [5.74, 6) is 5.59. The summed E-state index contributed by atoms with van der Waals surface area (Å²) in [7, 11) is 4.14. The number of nitrogens with two attached hydrogens (primary N) is 1. The summed E-state index contributed by atoms with van der Waals surface area (Å²) in [6.07, 6.45) is 6.85. The van der Waals surface area contributed by atoms with E-state index >= 15 is 0 Å². The Kier molecular flexibility index (Phi) is 5.60. The first-order chi connectivity index (χ1) is 10.0. The summed E-state index contributed by atoms with van der Waals surface area (Å²) in [4.78, 5) is 2.23. The van der Waals surface area contributed by atoms with Crippen LogP contribution in [0.2, 0.25) is 5.02 Å². The van der Waals surface area contributed by atoms with Crippen molar-refractivity contribution in [3.05, 3.63) is 34.6 Å². The zero-order valence-electron chi connectivity index (χ0n) is 12.8. The lowest BCUT2D eigenvalue weighted by Gasteiger charge is -2.46. The van der Waals surface area contributed by atoms with E-state index in [2.05, 4.69) is 24.4 Å². The number of halogens is 2. The zero-order chi connectivity index (χ0) is 15.5. The number of nitrogens with one attached hydrogen (secondary N) is 1. The van der Waals surface area contributed by atoms with Crippen molar-refractivity contribution >= 4 is 11.6 Å². The highest BCUT2D eigenvalue weighted by atomic mass is 35.5. The lowest BCUT2D eigenvalue weighted by atomic mass is 9.78. The predicted octanol–water partition coefficient (Wildman–Crippen LogP) is 3.64. The standard InChI is InChI=1S/C16H25ClFN3/c1-21(2)16(9-5-3-4-6-10-16)15(20-19)13-11-12(18)7-8-14(13)17/h7-8,11,15,20H,3-6,9-10,19H2,1-2H3. The molecule has 3 N–H and O–H groups in total. The van der Waals surface area contributed by atoms with E-state index in [1.807, 2.05) is 0 Å². The van der Waals surface area contributed by atoms with Crippen LogP contribution < -0.4 is 11.3 Å². The Morgan fingerprint density at radius 3 is 2.38 bits per heavy atom. The lowest BCUT2D eigenvalue weighted by Crippen LogP contribution is -2.55. The Morgan fingerprint density at radius 2 is 1.86 bits per heavy atom. The van der Waals surface area contributed by atoms with E-state index in [9.17, 15) is 4.39 Å². The van der Waals surface area contributed by atoms with Gasteiger partial charge >= 0.3 is 0 Å². The molecule has 0 amide bonds. The topological polar surface area (TPSA) is 41.3 Å². The molecular weight excluding hydrogens is 289 g/mol. The van der Waals surface area contributed by atoms with Crippen LogP contribution in [0.25, 0.3) is 0 Å². The highest BCUT2D eigenvalue weighted by molar-refractivity contribution is 6.31. The van der Waals surface area contributed by atoms with Crippen LogP contribution in [-0.2, 0) is 0 Å². The molecule has 0 bridgehead atoms. The highest BCUT2D eigenvalue weighted by Gasteiger charge is 2.42. The fourth-order valence-electron chi connectivity index (χ4n) is 3.61. The van der Waals surface area contributed by atoms with Crippen LogP contribution >= 0.6 is 11.6 Å². The van der Waals surface area contributed by atoms with Gasteiger partial charge in [-0.1, -0.05) is 37.3 Å². The normalized spacial score (nSPS) is 20.3. The monoisotopic (exact) mass is 313 g/mol. The molecule has 1 atom stereocenters. The number of hydrazine groups is 1. The number of nitrogens with zero attached hydrogens (tertiary/aromatic N) is 1. The molecule has 1 aromatic rings. The maximum atomic E-state index is 13.7. The van der Waals surface area contributed by atoms with Gasteiger partial charge in [-0.3, -0.25) is 11.3 Å². The first-order valence-corrected chi connectivity index (χ1v) is 7.97. The molecule has 1 saturated carbocycles. The fourth-order valence-corrected chi connectivity index (χ4v) is 3.83. The SMILES string of the molecule is CN(C)C1(C(NN)c2cc(F)ccc2Cl)CCCCCC1. The molecule has 0 aliphatic heterocycles. The smallest absolute Gasteiger partial charge is 0.123 e. The van der Waals surface area contributed by atoms with Gasteiger partial charge in [0.05, 0.1) is 6.04 Å². The number of likely N-dealkylation sites (N-methyl/N-ethyl adjacent to an activating group) is 1. The molecule has 0 spiro atoms. The molecule has 0 radical (unpaired) electrons. The van der Waals surface area contributed by atoms with Crippen LogP contribution in [-0.4, -0.2) is 24.5 Å². The quantitative estimate of drug-likeness (QED) is 0.506. The summed E-state index contributed by atoms with van der Waals surface area (Å²) >= 11 is 6.32. The third-order valence-electron chi connectivity index (χ3n) is 4.83. The average molecular weight is 314 g/mol. The van der Waals surface area contributed by atoms with Crippen LogP contribution in [0.15, 0.2) is 18.2 Å². The van der Waals surface area contributed by atoms with Gasteiger partial charge in [0.15, 0.2) is 0 Å². The van der Waals surface area contributed by atoms with E-state index in [0.29, 0.717) is 5.02 Å². The molecule has 3 nitrogen and oxygen atoms in total. The lowest BCUT2D eigenvalue weighted by molar-refractivity contribution is 0.0799. The highest BCUT2D eigenvalue weighted by Crippen LogP contribution is 2.42. The third kappa shape index (κ3) is 3.39. The molecule has 0 aromatic heterocycles. The number of rotatable bonds is 4. The summed E-state index contributed by atoms with van der Waals surface area (Å²) in [6, 6.07) is 4.31. The van der Waals surface area contributed by atoms with Crippen molar-refractivity contribution in [2.45, 2.75) is 50.1 Å². The largest absolute Gasteiger partial charge is 0.302 e. The first kappa shape index (κ1) is 16.7. The summed E-state index contributed by atoms with van der Waals surface area (Å²) in [5.41, 5.74) is 3.52. The summed E-state index contributed by atoms with van der Waals surface area (Å²) in [6.45, 7) is 0. The van der Waals surface area contributed by atoms with Gasteiger partial charge < -0.3 is 4.90 Å². The second-order valence-electron chi connectivity index (χ2n) is 6.18. The molecule has 1 unspecified atom stereocenters. The van der Waals surface area contributed by atoms with Crippen LogP contribution in [0.4, 0.5) is 4.39 Å². The first-order valence-electron chi connectivity index (χ1n) is 7.60. The van der Waals surface area contributed by atoms with E-state index in [0.717, 1.165) is 31.2 Å². The minimum atomic E-state index is -0.280. The molecule has 1 aliphatic carbocycles. The van der Waals surface area contributed by atoms with Gasteiger partial charge in [-0.15, -0.1) is 0 Å². The second-order valence-corrected chi connectivity index (χ2v) is 6.58. The van der Waals surface area contributed by atoms with Crippen LogP contribution in [0, 0.1) is 5.82 Å². The number of hydrogen-bond donors (Lipinski definition) is 2. The van der Waals surface area contributed by atoms with Crippen LogP contribution in [0.1, 0.15) is 50.1 Å². The summed E-state index contributed by atoms with van der Waals surface area (Å²) < 4.78 is 13.7. The van der Waals surface area contributed by atoms with Gasteiger partial charge in [-0.05, 0) is 50.7 Å². The van der Waals surface area contributed by atoms with Gasteiger partial charge in [-0.25, -0.2) is 4.39 Å². The summed E-state index contributed by atoms with van der Waals surface area (Å²) in [5, 5.41) is 0.560. The minimum Gasteiger partial charge on any atom is -0.302 e. The second kappa shape index (κ2) is 7.05. The third-order valence-corrected chi connectivity index (χ3v) is 5.18. The van der Waals surface area contributed by atoms with E-state index in [1.165, 1.54) is 25.0 Å². The Labute approximate surface area is 131 Å². The van der Waals surface area contributed by atoms with E-state index in [4.69, 9.17) is 17.4 Å².